The van der Waals surface area contributed by atoms with Gasteiger partial charge in [0.2, 0.25) is 11.8 Å². The molecule has 0 bridgehead atoms. The fourth-order valence-electron chi connectivity index (χ4n) is 1.46. The molecule has 3 N–H and O–H groups in total. The number of anilines is 3. The Balaban J connectivity index is 2.42. The predicted molar refractivity (Wildman–Crippen MR) is 75.3 cm³/mol. The summed E-state index contributed by atoms with van der Waals surface area (Å²) >= 11 is 3.38. The van der Waals surface area contributed by atoms with Gasteiger partial charge in [-0.15, -0.1) is 0 Å². The summed E-state index contributed by atoms with van der Waals surface area (Å²) in [5.41, 5.74) is 6.94. The maximum atomic E-state index is 10.9. The monoisotopic (exact) mass is 323 g/mol. The number of nitrogens with two attached hydrogens (primary N) is 1. The molecule has 1 aromatic heterocycles. The summed E-state index contributed by atoms with van der Waals surface area (Å²) in [6.45, 7) is 1.94. The van der Waals surface area contributed by atoms with Crippen LogP contribution in [0.2, 0.25) is 0 Å². The maximum absolute atomic E-state index is 10.9. The van der Waals surface area contributed by atoms with Gasteiger partial charge in [-0.25, -0.2) is 4.98 Å². The van der Waals surface area contributed by atoms with Crippen molar-refractivity contribution in [1.29, 1.82) is 0 Å². The van der Waals surface area contributed by atoms with Gasteiger partial charge in [0, 0.05) is 4.47 Å². The Bertz CT molecular complexity index is 647. The van der Waals surface area contributed by atoms with Gasteiger partial charge in [0.25, 0.3) is 0 Å². The van der Waals surface area contributed by atoms with E-state index in [9.17, 15) is 10.1 Å². The number of hydrogen-bond acceptors (Lipinski definition) is 6. The number of benzene rings is 1. The van der Waals surface area contributed by atoms with Crippen LogP contribution in [0.3, 0.4) is 0 Å². The molecule has 0 radical (unpaired) electrons. The van der Waals surface area contributed by atoms with Crippen LogP contribution in [0.25, 0.3) is 0 Å². The van der Waals surface area contributed by atoms with E-state index in [1.165, 1.54) is 0 Å². The lowest BCUT2D eigenvalue weighted by Crippen LogP contribution is -2.04. The number of aryl methyl sites for hydroxylation is 1. The second kappa shape index (κ2) is 5.19. The zero-order chi connectivity index (χ0) is 14.0. The molecule has 0 unspecified atom stereocenters. The van der Waals surface area contributed by atoms with Crippen LogP contribution in [0.1, 0.15) is 5.56 Å². The summed E-state index contributed by atoms with van der Waals surface area (Å²) in [6, 6.07) is 5.56. The molecule has 2 aromatic rings. The summed E-state index contributed by atoms with van der Waals surface area (Å²) in [5.74, 6) is 0.0263. The topological polar surface area (TPSA) is 107 Å². The Morgan fingerprint density at radius 2 is 2.21 bits per heavy atom. The molecule has 7 nitrogen and oxygen atoms in total. The van der Waals surface area contributed by atoms with Gasteiger partial charge < -0.3 is 11.1 Å². The average molecular weight is 324 g/mol. The van der Waals surface area contributed by atoms with Crippen LogP contribution in [-0.2, 0) is 0 Å². The van der Waals surface area contributed by atoms with Gasteiger partial charge in [-0.1, -0.05) is 6.07 Å². The van der Waals surface area contributed by atoms with Gasteiger partial charge in [-0.2, -0.15) is 4.98 Å². The highest BCUT2D eigenvalue weighted by Crippen LogP contribution is 2.30. The molecule has 0 aliphatic rings. The van der Waals surface area contributed by atoms with Crippen LogP contribution >= 0.6 is 15.9 Å². The van der Waals surface area contributed by atoms with Crippen molar-refractivity contribution in [3.05, 3.63) is 44.5 Å². The molecule has 0 aliphatic carbocycles. The number of halogens is 1. The molecule has 2 rings (SSSR count). The van der Waals surface area contributed by atoms with Crippen LogP contribution in [0.15, 0.2) is 28.9 Å². The van der Waals surface area contributed by atoms with Crippen molar-refractivity contribution >= 4 is 39.1 Å². The Kier molecular flexibility index (Phi) is 3.61. The van der Waals surface area contributed by atoms with Gasteiger partial charge in [0.1, 0.15) is 6.20 Å². The summed E-state index contributed by atoms with van der Waals surface area (Å²) in [4.78, 5) is 17.8. The van der Waals surface area contributed by atoms with Crippen molar-refractivity contribution in [3.8, 4) is 0 Å². The lowest BCUT2D eigenvalue weighted by atomic mass is 10.2. The Hall–Kier alpha value is -2.22. The van der Waals surface area contributed by atoms with Gasteiger partial charge in [0.05, 0.1) is 10.6 Å². The van der Waals surface area contributed by atoms with Crippen molar-refractivity contribution in [2.45, 2.75) is 6.92 Å². The molecule has 0 spiro atoms. The van der Waals surface area contributed by atoms with E-state index in [0.717, 1.165) is 16.2 Å². The first-order valence-corrected chi connectivity index (χ1v) is 6.07. The molecule has 1 aromatic carbocycles. The third-order valence-electron chi connectivity index (χ3n) is 2.36. The average Bonchev–Trinajstić information content (AvgIpc) is 2.32. The highest BCUT2D eigenvalue weighted by atomic mass is 79.9. The zero-order valence-electron chi connectivity index (χ0n) is 9.92. The van der Waals surface area contributed by atoms with Crippen LogP contribution in [0.4, 0.5) is 23.1 Å². The fraction of sp³-hybridized carbons (Fsp3) is 0.0909. The van der Waals surface area contributed by atoms with Crippen LogP contribution in [-0.4, -0.2) is 14.9 Å². The maximum Gasteiger partial charge on any atom is 0.329 e. The van der Waals surface area contributed by atoms with Crippen molar-refractivity contribution in [2.75, 3.05) is 11.1 Å². The Morgan fingerprint density at radius 1 is 1.47 bits per heavy atom. The standard InChI is InChI=1S/C11H10BrN5O2/c1-6-2-3-8(7(12)4-6)15-10-9(17(18)19)5-14-11(13)16-10/h2-5H,1H3,(H3,13,14,15,16). The number of nitrogens with one attached hydrogen (secondary N) is 1. The predicted octanol–water partition coefficient (Wildman–Crippen LogP) is 2.78. The van der Waals surface area contributed by atoms with E-state index in [1.807, 2.05) is 19.1 Å². The molecular formula is C11H10BrN5O2. The normalized spacial score (nSPS) is 10.2. The SMILES string of the molecule is Cc1ccc(Nc2nc(N)ncc2[N+](=O)[O-])c(Br)c1. The molecule has 0 saturated carbocycles. The minimum Gasteiger partial charge on any atom is -0.368 e. The van der Waals surface area contributed by atoms with Gasteiger partial charge in [-0.3, -0.25) is 10.1 Å². The van der Waals surface area contributed by atoms with E-state index in [4.69, 9.17) is 5.73 Å². The molecule has 0 fully saturated rings. The molecule has 0 atom stereocenters. The first-order valence-electron chi connectivity index (χ1n) is 5.27. The lowest BCUT2D eigenvalue weighted by molar-refractivity contribution is -0.384. The van der Waals surface area contributed by atoms with Gasteiger partial charge in [0.15, 0.2) is 0 Å². The summed E-state index contributed by atoms with van der Waals surface area (Å²) in [5, 5.41) is 13.8. The first-order chi connectivity index (χ1) is 8.97. The molecule has 0 saturated heterocycles. The second-order valence-corrected chi connectivity index (χ2v) is 4.68. The number of nitrogens with zero attached hydrogens (tertiary/aromatic N) is 3. The van der Waals surface area contributed by atoms with E-state index >= 15 is 0 Å². The number of nitrogen functional groups attached to an aromatic ring is 1. The Morgan fingerprint density at radius 3 is 2.84 bits per heavy atom. The van der Waals surface area contributed by atoms with Crippen molar-refractivity contribution in [3.63, 3.8) is 0 Å². The number of aromatic nitrogens is 2. The number of hydrogen-bond donors (Lipinski definition) is 2. The smallest absolute Gasteiger partial charge is 0.329 e. The van der Waals surface area contributed by atoms with E-state index in [-0.39, 0.29) is 17.5 Å². The van der Waals surface area contributed by atoms with E-state index in [2.05, 4.69) is 31.2 Å². The summed E-state index contributed by atoms with van der Waals surface area (Å²) < 4.78 is 0.777. The molecule has 1 heterocycles. The minimum absolute atomic E-state index is 0.0312. The first kappa shape index (κ1) is 13.2. The van der Waals surface area contributed by atoms with Crippen molar-refractivity contribution < 1.29 is 4.92 Å². The fourth-order valence-corrected chi connectivity index (χ4v) is 2.06. The molecule has 98 valence electrons. The van der Waals surface area contributed by atoms with E-state index in [0.29, 0.717) is 5.69 Å². The van der Waals surface area contributed by atoms with Crippen LogP contribution in [0, 0.1) is 17.0 Å². The van der Waals surface area contributed by atoms with Crippen molar-refractivity contribution in [1.82, 2.24) is 9.97 Å². The molecule has 19 heavy (non-hydrogen) atoms. The van der Waals surface area contributed by atoms with Crippen LogP contribution in [0.5, 0.6) is 0 Å². The van der Waals surface area contributed by atoms with E-state index < -0.39 is 4.92 Å². The second-order valence-electron chi connectivity index (χ2n) is 3.83. The Labute approximate surface area is 117 Å². The number of rotatable bonds is 3. The van der Waals surface area contributed by atoms with Crippen molar-refractivity contribution in [2.24, 2.45) is 0 Å². The third-order valence-corrected chi connectivity index (χ3v) is 3.02. The number of nitro groups is 1. The van der Waals surface area contributed by atoms with E-state index in [1.54, 1.807) is 6.07 Å². The lowest BCUT2D eigenvalue weighted by Gasteiger charge is -2.08. The molecule has 0 amide bonds. The molecule has 8 heteroatoms. The molecule has 0 aliphatic heterocycles. The summed E-state index contributed by atoms with van der Waals surface area (Å²) in [7, 11) is 0. The zero-order valence-corrected chi connectivity index (χ0v) is 11.5. The quantitative estimate of drug-likeness (QED) is 0.664. The summed E-state index contributed by atoms with van der Waals surface area (Å²) in [6.07, 6.45) is 1.08. The minimum atomic E-state index is -0.566. The highest BCUT2D eigenvalue weighted by molar-refractivity contribution is 9.10. The third kappa shape index (κ3) is 2.97. The van der Waals surface area contributed by atoms with Gasteiger partial charge in [-0.05, 0) is 40.5 Å². The highest BCUT2D eigenvalue weighted by Gasteiger charge is 2.17. The molecular weight excluding hydrogens is 314 g/mol. The van der Waals surface area contributed by atoms with Gasteiger partial charge >= 0.3 is 5.69 Å². The van der Waals surface area contributed by atoms with Crippen LogP contribution < -0.4 is 11.1 Å². The largest absolute Gasteiger partial charge is 0.368 e.